The van der Waals surface area contributed by atoms with E-state index in [1.165, 1.54) is 19.2 Å². The third kappa shape index (κ3) is 5.72. The van der Waals surface area contributed by atoms with E-state index in [0.29, 0.717) is 44.1 Å². The lowest BCUT2D eigenvalue weighted by atomic mass is 9.73. The van der Waals surface area contributed by atoms with Crippen molar-refractivity contribution in [2.24, 2.45) is 4.99 Å². The number of benzene rings is 2. The maximum Gasteiger partial charge on any atom is 0.416 e. The van der Waals surface area contributed by atoms with E-state index in [9.17, 15) is 22.0 Å². The van der Waals surface area contributed by atoms with Gasteiger partial charge in [-0.2, -0.15) is 13.2 Å². The van der Waals surface area contributed by atoms with Gasteiger partial charge in [0.05, 0.1) is 5.56 Å². The quantitative estimate of drug-likeness (QED) is 0.411. The number of halogens is 5. The average molecular weight is 441 g/mol. The normalized spacial score (nSPS) is 16.8. The molecular formula is C22H24F5N3O. The Kier molecular flexibility index (Phi) is 7.15. The summed E-state index contributed by atoms with van der Waals surface area (Å²) in [5, 5.41) is 6.05. The molecule has 0 atom stereocenters. The Bertz CT molecular complexity index is 924. The maximum atomic E-state index is 13.8. The molecule has 0 aromatic heterocycles. The van der Waals surface area contributed by atoms with Gasteiger partial charge in [0.2, 0.25) is 0 Å². The van der Waals surface area contributed by atoms with Crippen molar-refractivity contribution >= 4 is 5.96 Å². The minimum absolute atomic E-state index is 0.00291. The van der Waals surface area contributed by atoms with Gasteiger partial charge < -0.3 is 15.4 Å². The van der Waals surface area contributed by atoms with Gasteiger partial charge in [0.1, 0.15) is 11.6 Å². The molecule has 3 rings (SSSR count). The Labute approximate surface area is 177 Å². The third-order valence-corrected chi connectivity index (χ3v) is 5.52. The van der Waals surface area contributed by atoms with Crippen molar-refractivity contribution in [3.63, 3.8) is 0 Å². The van der Waals surface area contributed by atoms with Crippen molar-refractivity contribution in [3.8, 4) is 0 Å². The fraction of sp³-hybridized carbons (Fsp3) is 0.409. The van der Waals surface area contributed by atoms with Crippen molar-refractivity contribution in [2.45, 2.75) is 31.0 Å². The zero-order valence-electron chi connectivity index (χ0n) is 17.0. The molecule has 0 saturated carbocycles. The van der Waals surface area contributed by atoms with E-state index in [4.69, 9.17) is 4.74 Å². The summed E-state index contributed by atoms with van der Waals surface area (Å²) in [5.41, 5.74) is -0.562. The van der Waals surface area contributed by atoms with E-state index in [-0.39, 0.29) is 12.1 Å². The number of ether oxygens (including phenoxy) is 1. The van der Waals surface area contributed by atoms with Gasteiger partial charge in [-0.1, -0.05) is 18.2 Å². The molecule has 2 N–H and O–H groups in total. The summed E-state index contributed by atoms with van der Waals surface area (Å²) in [6, 6.07) is 8.53. The minimum Gasteiger partial charge on any atom is -0.381 e. The van der Waals surface area contributed by atoms with Gasteiger partial charge in [-0.15, -0.1) is 0 Å². The van der Waals surface area contributed by atoms with Crippen LogP contribution >= 0.6 is 0 Å². The number of aliphatic imine (C=N–C) groups is 1. The van der Waals surface area contributed by atoms with Gasteiger partial charge >= 0.3 is 6.18 Å². The lowest BCUT2D eigenvalue weighted by molar-refractivity contribution is -0.137. The summed E-state index contributed by atoms with van der Waals surface area (Å²) in [5.74, 6) is -0.762. The van der Waals surface area contributed by atoms with Crippen molar-refractivity contribution in [3.05, 3.63) is 70.8 Å². The first-order valence-electron chi connectivity index (χ1n) is 9.87. The molecule has 1 fully saturated rings. The first-order chi connectivity index (χ1) is 14.7. The van der Waals surface area contributed by atoms with Gasteiger partial charge in [-0.25, -0.2) is 8.78 Å². The second kappa shape index (κ2) is 9.64. The second-order valence-corrected chi connectivity index (χ2v) is 7.49. The summed E-state index contributed by atoms with van der Waals surface area (Å²) in [6.07, 6.45) is -3.35. The van der Waals surface area contributed by atoms with E-state index in [2.05, 4.69) is 15.6 Å². The highest BCUT2D eigenvalue weighted by molar-refractivity contribution is 5.79. The van der Waals surface area contributed by atoms with Crippen molar-refractivity contribution < 1.29 is 26.7 Å². The molecule has 1 heterocycles. The highest BCUT2D eigenvalue weighted by Crippen LogP contribution is 2.37. The van der Waals surface area contributed by atoms with Crippen LogP contribution in [0.3, 0.4) is 0 Å². The van der Waals surface area contributed by atoms with Gasteiger partial charge in [-0.05, 0) is 42.7 Å². The zero-order chi connectivity index (χ0) is 22.5. The third-order valence-electron chi connectivity index (χ3n) is 5.52. The number of nitrogens with one attached hydrogen (secondary N) is 2. The van der Waals surface area contributed by atoms with Crippen LogP contribution in [-0.2, 0) is 22.9 Å². The van der Waals surface area contributed by atoms with Crippen LogP contribution in [0.2, 0.25) is 0 Å². The van der Waals surface area contributed by atoms with Crippen LogP contribution in [0.1, 0.15) is 29.5 Å². The molecule has 0 radical (unpaired) electrons. The summed E-state index contributed by atoms with van der Waals surface area (Å²) < 4.78 is 72.3. The lowest BCUT2D eigenvalue weighted by Gasteiger charge is -2.38. The van der Waals surface area contributed by atoms with E-state index < -0.39 is 28.8 Å². The number of hydrogen-bond acceptors (Lipinski definition) is 2. The van der Waals surface area contributed by atoms with Crippen LogP contribution in [0, 0.1) is 11.6 Å². The van der Waals surface area contributed by atoms with E-state index in [1.54, 1.807) is 6.07 Å². The van der Waals surface area contributed by atoms with Gasteiger partial charge in [-0.3, -0.25) is 4.99 Å². The van der Waals surface area contributed by atoms with Crippen molar-refractivity contribution in [2.75, 3.05) is 26.8 Å². The Morgan fingerprint density at radius 1 is 1.06 bits per heavy atom. The number of rotatable bonds is 5. The molecule has 1 saturated heterocycles. The van der Waals surface area contributed by atoms with Crippen molar-refractivity contribution in [1.29, 1.82) is 0 Å². The molecule has 0 spiro atoms. The second-order valence-electron chi connectivity index (χ2n) is 7.49. The van der Waals surface area contributed by atoms with Gasteiger partial charge in [0.25, 0.3) is 0 Å². The number of nitrogens with zero attached hydrogens (tertiary/aromatic N) is 1. The summed E-state index contributed by atoms with van der Waals surface area (Å²) >= 11 is 0. The highest BCUT2D eigenvalue weighted by atomic mass is 19.4. The predicted octanol–water partition coefficient (Wildman–Crippen LogP) is 4.40. The zero-order valence-corrected chi connectivity index (χ0v) is 17.0. The number of hydrogen-bond donors (Lipinski definition) is 2. The standard InChI is InChI=1S/C22H24F5N3O/c1-28-20(29-13-15-11-18(23)5-6-19(15)24)30-14-21(7-9-31-10-8-21)16-3-2-4-17(12-16)22(25,26)27/h2-6,11-12H,7-10,13-14H2,1H3,(H2,28,29,30). The smallest absolute Gasteiger partial charge is 0.381 e. The van der Waals surface area contributed by atoms with Crippen LogP contribution < -0.4 is 10.6 Å². The van der Waals surface area contributed by atoms with Crippen LogP contribution in [0.25, 0.3) is 0 Å². The molecule has 1 aliphatic heterocycles. The lowest BCUT2D eigenvalue weighted by Crippen LogP contribution is -2.48. The molecule has 4 nitrogen and oxygen atoms in total. The fourth-order valence-corrected chi connectivity index (χ4v) is 3.69. The highest BCUT2D eigenvalue weighted by Gasteiger charge is 2.37. The van der Waals surface area contributed by atoms with Gasteiger partial charge in [0.15, 0.2) is 5.96 Å². The summed E-state index contributed by atoms with van der Waals surface area (Å²) in [6.45, 7) is 1.17. The average Bonchev–Trinajstić information content (AvgIpc) is 2.76. The Morgan fingerprint density at radius 2 is 1.81 bits per heavy atom. The Balaban J connectivity index is 1.74. The summed E-state index contributed by atoms with van der Waals surface area (Å²) in [4.78, 5) is 4.09. The van der Waals surface area contributed by atoms with Crippen LogP contribution in [0.15, 0.2) is 47.5 Å². The molecule has 0 aliphatic carbocycles. The maximum absolute atomic E-state index is 13.8. The first-order valence-corrected chi connectivity index (χ1v) is 9.87. The van der Waals surface area contributed by atoms with E-state index >= 15 is 0 Å². The molecular weight excluding hydrogens is 417 g/mol. The molecule has 168 valence electrons. The predicted molar refractivity (Wildman–Crippen MR) is 108 cm³/mol. The van der Waals surface area contributed by atoms with E-state index in [1.807, 2.05) is 0 Å². The fourth-order valence-electron chi connectivity index (χ4n) is 3.69. The van der Waals surface area contributed by atoms with Crippen LogP contribution in [0.4, 0.5) is 22.0 Å². The van der Waals surface area contributed by atoms with Gasteiger partial charge in [0, 0.05) is 44.3 Å². The number of alkyl halides is 3. The molecule has 2 aromatic rings. The van der Waals surface area contributed by atoms with Crippen LogP contribution in [-0.4, -0.2) is 32.8 Å². The molecule has 9 heteroatoms. The van der Waals surface area contributed by atoms with Crippen molar-refractivity contribution in [1.82, 2.24) is 10.6 Å². The van der Waals surface area contributed by atoms with Crippen LogP contribution in [0.5, 0.6) is 0 Å². The topological polar surface area (TPSA) is 45.7 Å². The largest absolute Gasteiger partial charge is 0.416 e. The van der Waals surface area contributed by atoms with E-state index in [0.717, 1.165) is 24.3 Å². The SMILES string of the molecule is CN=C(NCc1cc(F)ccc1F)NCC1(c2cccc(C(F)(F)F)c2)CCOCC1. The first kappa shape index (κ1) is 23.0. The molecule has 31 heavy (non-hydrogen) atoms. The Morgan fingerprint density at radius 3 is 2.48 bits per heavy atom. The molecule has 2 aromatic carbocycles. The molecule has 0 bridgehead atoms. The molecule has 1 aliphatic rings. The Hall–Kier alpha value is -2.68. The summed E-state index contributed by atoms with van der Waals surface area (Å²) in [7, 11) is 1.53. The molecule has 0 amide bonds. The molecule has 0 unspecified atom stereocenters. The monoisotopic (exact) mass is 441 g/mol. The number of guanidine groups is 1. The minimum atomic E-state index is -4.43.